The molecule has 0 aliphatic carbocycles. The van der Waals surface area contributed by atoms with Gasteiger partial charge in [-0.25, -0.2) is 0 Å². The molecule has 0 atom stereocenters. The van der Waals surface area contributed by atoms with E-state index in [2.05, 4.69) is 20.1 Å². The minimum atomic E-state index is 0.463. The zero-order chi connectivity index (χ0) is 11.5. The van der Waals surface area contributed by atoms with Crippen LogP contribution in [0, 0.1) is 0 Å². The average molecular weight is 224 g/mol. The molecule has 3 rings (SSSR count). The number of hydrogen-bond acceptors (Lipinski definition) is 5. The van der Waals surface area contributed by atoms with Gasteiger partial charge in [0.25, 0.3) is 5.89 Å². The van der Waals surface area contributed by atoms with Gasteiger partial charge in [0.05, 0.1) is 5.56 Å². The summed E-state index contributed by atoms with van der Waals surface area (Å²) in [6.45, 7) is 0. The van der Waals surface area contributed by atoms with Crippen LogP contribution in [0.5, 0.6) is 0 Å². The van der Waals surface area contributed by atoms with Crippen molar-refractivity contribution in [3.05, 3.63) is 49.1 Å². The highest BCUT2D eigenvalue weighted by Gasteiger charge is 2.09. The van der Waals surface area contributed by atoms with E-state index >= 15 is 0 Å². The van der Waals surface area contributed by atoms with Crippen molar-refractivity contribution in [2.45, 2.75) is 0 Å². The largest absolute Gasteiger partial charge is 0.334 e. The fourth-order valence-corrected chi connectivity index (χ4v) is 1.45. The Kier molecular flexibility index (Phi) is 2.34. The molecule has 0 aromatic carbocycles. The van der Waals surface area contributed by atoms with Gasteiger partial charge in [-0.2, -0.15) is 4.98 Å². The van der Waals surface area contributed by atoms with Gasteiger partial charge in [0, 0.05) is 30.4 Å². The highest BCUT2D eigenvalue weighted by molar-refractivity contribution is 5.58. The van der Waals surface area contributed by atoms with Gasteiger partial charge in [0.15, 0.2) is 0 Å². The zero-order valence-corrected chi connectivity index (χ0v) is 8.82. The minimum Gasteiger partial charge on any atom is -0.334 e. The molecule has 0 spiro atoms. The van der Waals surface area contributed by atoms with Gasteiger partial charge < -0.3 is 4.52 Å². The van der Waals surface area contributed by atoms with Crippen molar-refractivity contribution in [3.63, 3.8) is 0 Å². The van der Waals surface area contributed by atoms with Gasteiger partial charge in [0.1, 0.15) is 0 Å². The molecule has 3 heterocycles. The van der Waals surface area contributed by atoms with Crippen LogP contribution in [-0.2, 0) is 0 Å². The van der Waals surface area contributed by atoms with Crippen molar-refractivity contribution in [3.8, 4) is 22.8 Å². The lowest BCUT2D eigenvalue weighted by Crippen LogP contribution is -1.81. The predicted octanol–water partition coefficient (Wildman–Crippen LogP) is 2.19. The van der Waals surface area contributed by atoms with Crippen LogP contribution < -0.4 is 0 Å². The fraction of sp³-hybridized carbons (Fsp3) is 0. The summed E-state index contributed by atoms with van der Waals surface area (Å²) in [5.74, 6) is 1.01. The first-order chi connectivity index (χ1) is 8.43. The standard InChI is InChI=1S/C12H8N4O/c1-2-10(8-14-5-1)12-15-11(16-17-12)9-3-6-13-7-4-9/h1-8H. The van der Waals surface area contributed by atoms with Crippen LogP contribution in [0.25, 0.3) is 22.8 Å². The second-order valence-electron chi connectivity index (χ2n) is 3.40. The topological polar surface area (TPSA) is 64.7 Å². The number of pyridine rings is 2. The molecule has 0 radical (unpaired) electrons. The van der Waals surface area contributed by atoms with E-state index in [1.165, 1.54) is 0 Å². The van der Waals surface area contributed by atoms with Crippen molar-refractivity contribution in [2.24, 2.45) is 0 Å². The third kappa shape index (κ3) is 1.90. The monoisotopic (exact) mass is 224 g/mol. The molecule has 0 amide bonds. The van der Waals surface area contributed by atoms with Gasteiger partial charge >= 0.3 is 0 Å². The summed E-state index contributed by atoms with van der Waals surface area (Å²) in [7, 11) is 0. The molecule has 0 saturated carbocycles. The lowest BCUT2D eigenvalue weighted by Gasteiger charge is -1.91. The van der Waals surface area contributed by atoms with Crippen LogP contribution in [0.2, 0.25) is 0 Å². The van der Waals surface area contributed by atoms with Crippen molar-refractivity contribution >= 4 is 0 Å². The molecule has 5 heteroatoms. The van der Waals surface area contributed by atoms with E-state index in [4.69, 9.17) is 4.52 Å². The van der Waals surface area contributed by atoms with Gasteiger partial charge in [-0.3, -0.25) is 9.97 Å². The normalized spacial score (nSPS) is 10.4. The molecule has 3 aromatic heterocycles. The quantitative estimate of drug-likeness (QED) is 0.667. The molecule has 0 bridgehead atoms. The molecule has 0 saturated heterocycles. The summed E-state index contributed by atoms with van der Waals surface area (Å²) in [4.78, 5) is 12.3. The maximum Gasteiger partial charge on any atom is 0.259 e. The van der Waals surface area contributed by atoms with Crippen molar-refractivity contribution < 1.29 is 4.52 Å². The first-order valence-corrected chi connectivity index (χ1v) is 5.08. The fourth-order valence-electron chi connectivity index (χ4n) is 1.45. The molecule has 0 aliphatic heterocycles. The Balaban J connectivity index is 1.99. The van der Waals surface area contributed by atoms with Crippen LogP contribution in [0.1, 0.15) is 0 Å². The second kappa shape index (κ2) is 4.13. The highest BCUT2D eigenvalue weighted by Crippen LogP contribution is 2.20. The van der Waals surface area contributed by atoms with E-state index in [0.29, 0.717) is 11.7 Å². The molecular formula is C12H8N4O. The Morgan fingerprint density at radius 3 is 2.53 bits per heavy atom. The van der Waals surface area contributed by atoms with E-state index in [1.54, 1.807) is 24.8 Å². The zero-order valence-electron chi connectivity index (χ0n) is 8.82. The van der Waals surface area contributed by atoms with Crippen molar-refractivity contribution in [1.82, 2.24) is 20.1 Å². The van der Waals surface area contributed by atoms with Gasteiger partial charge in [0.2, 0.25) is 5.82 Å². The third-order valence-electron chi connectivity index (χ3n) is 2.27. The van der Waals surface area contributed by atoms with Gasteiger partial charge in [-0.15, -0.1) is 0 Å². The van der Waals surface area contributed by atoms with Gasteiger partial charge in [-0.1, -0.05) is 5.16 Å². The Labute approximate surface area is 97.2 Å². The molecule has 3 aromatic rings. The van der Waals surface area contributed by atoms with Crippen LogP contribution in [-0.4, -0.2) is 20.1 Å². The number of hydrogen-bond donors (Lipinski definition) is 0. The van der Waals surface area contributed by atoms with Crippen LogP contribution in [0.15, 0.2) is 53.6 Å². The maximum atomic E-state index is 5.18. The first-order valence-electron chi connectivity index (χ1n) is 5.08. The van der Waals surface area contributed by atoms with Crippen molar-refractivity contribution in [2.75, 3.05) is 0 Å². The maximum absolute atomic E-state index is 5.18. The Hall–Kier alpha value is -2.56. The Morgan fingerprint density at radius 1 is 0.882 bits per heavy atom. The number of rotatable bonds is 2. The number of nitrogens with zero attached hydrogens (tertiary/aromatic N) is 4. The molecule has 17 heavy (non-hydrogen) atoms. The lowest BCUT2D eigenvalue weighted by molar-refractivity contribution is 0.432. The summed E-state index contributed by atoms with van der Waals surface area (Å²) in [5, 5.41) is 3.92. The average Bonchev–Trinajstić information content (AvgIpc) is 2.90. The molecule has 82 valence electrons. The first kappa shape index (κ1) is 9.65. The smallest absolute Gasteiger partial charge is 0.259 e. The molecule has 0 aliphatic rings. The minimum absolute atomic E-state index is 0.463. The summed E-state index contributed by atoms with van der Waals surface area (Å²) < 4.78 is 5.18. The van der Waals surface area contributed by atoms with Crippen LogP contribution in [0.4, 0.5) is 0 Å². The summed E-state index contributed by atoms with van der Waals surface area (Å²) in [6, 6.07) is 7.36. The van der Waals surface area contributed by atoms with Crippen molar-refractivity contribution in [1.29, 1.82) is 0 Å². The molecule has 5 nitrogen and oxygen atoms in total. The molecule has 0 N–H and O–H groups in total. The SMILES string of the molecule is c1cncc(-c2nc(-c3ccncc3)no2)c1. The summed E-state index contributed by atoms with van der Waals surface area (Å²) in [6.07, 6.45) is 6.76. The van der Waals surface area contributed by atoms with E-state index in [1.807, 2.05) is 24.3 Å². The Bertz CT molecular complexity index is 553. The van der Waals surface area contributed by atoms with Gasteiger partial charge in [-0.05, 0) is 24.3 Å². The predicted molar refractivity (Wildman–Crippen MR) is 60.8 cm³/mol. The lowest BCUT2D eigenvalue weighted by atomic mass is 10.2. The van der Waals surface area contributed by atoms with E-state index in [-0.39, 0.29) is 0 Å². The second-order valence-corrected chi connectivity index (χ2v) is 3.40. The molecule has 0 unspecified atom stereocenters. The number of aromatic nitrogens is 4. The van der Waals surface area contributed by atoms with Crippen LogP contribution in [0.3, 0.4) is 0 Å². The molecular weight excluding hydrogens is 216 g/mol. The van der Waals surface area contributed by atoms with E-state index < -0.39 is 0 Å². The molecule has 0 fully saturated rings. The summed E-state index contributed by atoms with van der Waals surface area (Å²) in [5.41, 5.74) is 1.68. The van der Waals surface area contributed by atoms with E-state index in [0.717, 1.165) is 11.1 Å². The summed E-state index contributed by atoms with van der Waals surface area (Å²) >= 11 is 0. The van der Waals surface area contributed by atoms with Crippen LogP contribution >= 0.6 is 0 Å². The Morgan fingerprint density at radius 2 is 1.76 bits per heavy atom. The third-order valence-corrected chi connectivity index (χ3v) is 2.27. The van der Waals surface area contributed by atoms with E-state index in [9.17, 15) is 0 Å². The highest BCUT2D eigenvalue weighted by atomic mass is 16.5.